The molecule has 0 spiro atoms. The van der Waals surface area contributed by atoms with Gasteiger partial charge in [0.1, 0.15) is 23.7 Å². The molecule has 3 aromatic rings. The molecule has 2 heterocycles. The third-order valence-electron chi connectivity index (χ3n) is 3.68. The zero-order valence-electron chi connectivity index (χ0n) is 14.3. The van der Waals surface area contributed by atoms with Gasteiger partial charge in [0.2, 0.25) is 5.91 Å². The van der Waals surface area contributed by atoms with Crippen LogP contribution in [0.15, 0.2) is 41.9 Å². The van der Waals surface area contributed by atoms with Crippen LogP contribution >= 0.6 is 11.8 Å². The van der Waals surface area contributed by atoms with Gasteiger partial charge in [-0.05, 0) is 17.7 Å². The number of carboxylic acids is 1. The molecule has 2 N–H and O–H groups in total. The number of imidazole rings is 1. The molecule has 1 unspecified atom stereocenters. The number of nitrogens with one attached hydrogen (secondary N) is 1. The topological polar surface area (TPSA) is 110 Å². The van der Waals surface area contributed by atoms with E-state index in [9.17, 15) is 19.1 Å². The molecule has 0 radical (unpaired) electrons. The summed E-state index contributed by atoms with van der Waals surface area (Å²) in [6, 6.07) is 5.02. The number of rotatable bonds is 7. The molecule has 140 valence electrons. The molecule has 3 rings (SSSR count). The number of thioether (sulfide) groups is 1. The fourth-order valence-corrected chi connectivity index (χ4v) is 3.47. The molecule has 0 saturated carbocycles. The van der Waals surface area contributed by atoms with Crippen molar-refractivity contribution < 1.29 is 19.1 Å². The number of halogens is 1. The van der Waals surface area contributed by atoms with Crippen molar-refractivity contribution >= 4 is 34.8 Å². The van der Waals surface area contributed by atoms with E-state index >= 15 is 0 Å². The van der Waals surface area contributed by atoms with Crippen LogP contribution in [0.3, 0.4) is 0 Å². The van der Waals surface area contributed by atoms with Crippen LogP contribution in [0, 0.1) is 5.82 Å². The molecular formula is C17H16FN5O3S. The average molecular weight is 389 g/mol. The SMILES string of the molecule is CC(=O)NC(CSc1nc2cncnc2n1Cc1ccc(F)cc1)C(=O)O. The number of fused-ring (bicyclic) bond motifs is 1. The number of carboxylic acid groups (broad SMARTS) is 1. The summed E-state index contributed by atoms with van der Waals surface area (Å²) >= 11 is 1.19. The third-order valence-corrected chi connectivity index (χ3v) is 4.75. The predicted octanol–water partition coefficient (Wildman–Crippen LogP) is 1.70. The first-order valence-electron chi connectivity index (χ1n) is 7.97. The van der Waals surface area contributed by atoms with Crippen LogP contribution in [0.4, 0.5) is 4.39 Å². The maximum absolute atomic E-state index is 13.2. The number of aromatic nitrogens is 4. The van der Waals surface area contributed by atoms with Gasteiger partial charge in [-0.15, -0.1) is 0 Å². The van der Waals surface area contributed by atoms with Crippen molar-refractivity contribution in [1.82, 2.24) is 24.8 Å². The Bertz CT molecular complexity index is 976. The van der Waals surface area contributed by atoms with Gasteiger partial charge in [-0.1, -0.05) is 23.9 Å². The van der Waals surface area contributed by atoms with Crippen LogP contribution in [-0.2, 0) is 16.1 Å². The van der Waals surface area contributed by atoms with E-state index in [2.05, 4.69) is 20.3 Å². The molecule has 0 saturated heterocycles. The van der Waals surface area contributed by atoms with E-state index in [1.54, 1.807) is 18.3 Å². The summed E-state index contributed by atoms with van der Waals surface area (Å²) in [5, 5.41) is 12.2. The van der Waals surface area contributed by atoms with Gasteiger partial charge in [0.15, 0.2) is 10.8 Å². The number of aliphatic carboxylic acids is 1. The lowest BCUT2D eigenvalue weighted by atomic mass is 10.2. The number of carbonyl (C=O) groups excluding carboxylic acids is 1. The van der Waals surface area contributed by atoms with E-state index < -0.39 is 17.9 Å². The fourth-order valence-electron chi connectivity index (χ4n) is 2.46. The first-order valence-corrected chi connectivity index (χ1v) is 8.96. The summed E-state index contributed by atoms with van der Waals surface area (Å²) in [7, 11) is 0. The van der Waals surface area contributed by atoms with E-state index in [4.69, 9.17) is 0 Å². The van der Waals surface area contributed by atoms with E-state index in [1.165, 1.54) is 37.1 Å². The summed E-state index contributed by atoms with van der Waals surface area (Å²) in [4.78, 5) is 35.2. The highest BCUT2D eigenvalue weighted by molar-refractivity contribution is 7.99. The molecule has 8 nitrogen and oxygen atoms in total. The van der Waals surface area contributed by atoms with Crippen LogP contribution in [0.2, 0.25) is 0 Å². The second-order valence-corrected chi connectivity index (χ2v) is 6.73. The molecule has 1 amide bonds. The first kappa shape index (κ1) is 18.8. The largest absolute Gasteiger partial charge is 0.480 e. The van der Waals surface area contributed by atoms with Crippen molar-refractivity contribution in [2.24, 2.45) is 0 Å². The molecule has 0 bridgehead atoms. The van der Waals surface area contributed by atoms with E-state index in [0.717, 1.165) is 5.56 Å². The monoisotopic (exact) mass is 389 g/mol. The predicted molar refractivity (Wildman–Crippen MR) is 96.8 cm³/mol. The second kappa shape index (κ2) is 8.12. The number of hydrogen-bond donors (Lipinski definition) is 2. The fraction of sp³-hybridized carbons (Fsp3) is 0.235. The average Bonchev–Trinajstić information content (AvgIpc) is 2.97. The summed E-state index contributed by atoms with van der Waals surface area (Å²) in [6.07, 6.45) is 2.97. The maximum Gasteiger partial charge on any atom is 0.327 e. The third kappa shape index (κ3) is 4.59. The van der Waals surface area contributed by atoms with Gasteiger partial charge in [-0.2, -0.15) is 0 Å². The van der Waals surface area contributed by atoms with E-state index in [-0.39, 0.29) is 11.6 Å². The van der Waals surface area contributed by atoms with Crippen molar-refractivity contribution in [3.05, 3.63) is 48.2 Å². The highest BCUT2D eigenvalue weighted by Crippen LogP contribution is 2.24. The summed E-state index contributed by atoms with van der Waals surface area (Å²) in [5.41, 5.74) is 1.99. The normalized spacial score (nSPS) is 12.1. The van der Waals surface area contributed by atoms with Crippen LogP contribution in [-0.4, -0.2) is 48.3 Å². The molecular weight excluding hydrogens is 373 g/mol. The van der Waals surface area contributed by atoms with Crippen LogP contribution in [0.1, 0.15) is 12.5 Å². The molecule has 0 fully saturated rings. The second-order valence-electron chi connectivity index (χ2n) is 5.74. The molecule has 10 heteroatoms. The number of benzene rings is 1. The van der Waals surface area contributed by atoms with Gasteiger partial charge >= 0.3 is 5.97 Å². The maximum atomic E-state index is 13.2. The lowest BCUT2D eigenvalue weighted by molar-refractivity contribution is -0.140. The van der Waals surface area contributed by atoms with Gasteiger partial charge in [-0.3, -0.25) is 9.36 Å². The molecule has 27 heavy (non-hydrogen) atoms. The highest BCUT2D eigenvalue weighted by atomic mass is 32.2. The van der Waals surface area contributed by atoms with Crippen molar-refractivity contribution in [3.63, 3.8) is 0 Å². The van der Waals surface area contributed by atoms with Crippen molar-refractivity contribution in [1.29, 1.82) is 0 Å². The Kier molecular flexibility index (Phi) is 5.65. The lowest BCUT2D eigenvalue weighted by Gasteiger charge is -2.13. The Morgan fingerprint density at radius 1 is 1.33 bits per heavy atom. The molecule has 0 aliphatic carbocycles. The molecule has 2 aromatic heterocycles. The minimum Gasteiger partial charge on any atom is -0.480 e. The highest BCUT2D eigenvalue weighted by Gasteiger charge is 2.21. The van der Waals surface area contributed by atoms with Crippen LogP contribution in [0.5, 0.6) is 0 Å². The quantitative estimate of drug-likeness (QED) is 0.592. The standard InChI is InChI=1S/C17H16FN5O3S/c1-10(24)21-14(16(25)26)8-27-17-22-13-6-19-9-20-15(13)23(17)7-11-2-4-12(18)5-3-11/h2-6,9,14H,7-8H2,1H3,(H,21,24)(H,25,26). The van der Waals surface area contributed by atoms with Crippen molar-refractivity contribution in [2.45, 2.75) is 24.7 Å². The molecule has 1 atom stereocenters. The number of amides is 1. The van der Waals surface area contributed by atoms with E-state index in [0.29, 0.717) is 22.9 Å². The minimum atomic E-state index is -1.13. The smallest absolute Gasteiger partial charge is 0.327 e. The Hall–Kier alpha value is -3.01. The number of nitrogens with zero attached hydrogens (tertiary/aromatic N) is 4. The Morgan fingerprint density at radius 2 is 2.07 bits per heavy atom. The zero-order valence-corrected chi connectivity index (χ0v) is 15.1. The Morgan fingerprint density at radius 3 is 2.74 bits per heavy atom. The van der Waals surface area contributed by atoms with Crippen molar-refractivity contribution in [2.75, 3.05) is 5.75 Å². The Labute approximate surface area is 157 Å². The van der Waals surface area contributed by atoms with Gasteiger partial charge in [0, 0.05) is 12.7 Å². The van der Waals surface area contributed by atoms with Gasteiger partial charge in [0.25, 0.3) is 0 Å². The minimum absolute atomic E-state index is 0.0923. The molecule has 0 aliphatic rings. The first-order chi connectivity index (χ1) is 12.9. The van der Waals surface area contributed by atoms with Crippen LogP contribution < -0.4 is 5.32 Å². The summed E-state index contributed by atoms with van der Waals surface area (Å²) in [5.74, 6) is -1.78. The van der Waals surface area contributed by atoms with E-state index in [1.807, 2.05) is 4.57 Å². The zero-order chi connectivity index (χ0) is 19.4. The lowest BCUT2D eigenvalue weighted by Crippen LogP contribution is -2.41. The van der Waals surface area contributed by atoms with Gasteiger partial charge in [0.05, 0.1) is 12.7 Å². The van der Waals surface area contributed by atoms with Gasteiger partial charge < -0.3 is 10.4 Å². The Balaban J connectivity index is 1.88. The van der Waals surface area contributed by atoms with Gasteiger partial charge in [-0.25, -0.2) is 24.1 Å². The van der Waals surface area contributed by atoms with Crippen LogP contribution in [0.25, 0.3) is 11.2 Å². The number of carbonyl (C=O) groups is 2. The molecule has 1 aromatic carbocycles. The summed E-state index contributed by atoms with van der Waals surface area (Å²) < 4.78 is 15.0. The van der Waals surface area contributed by atoms with Crippen molar-refractivity contribution in [3.8, 4) is 0 Å². The number of hydrogen-bond acceptors (Lipinski definition) is 6. The molecule has 0 aliphatic heterocycles. The summed E-state index contributed by atoms with van der Waals surface area (Å²) in [6.45, 7) is 1.65.